The molecule has 0 atom stereocenters. The molecule has 0 fully saturated rings. The lowest BCUT2D eigenvalue weighted by atomic mass is 10.6. The quantitative estimate of drug-likeness (QED) is 0.636. The van der Waals surface area contributed by atoms with Gasteiger partial charge in [-0.3, -0.25) is 0 Å². The minimum atomic E-state index is -2.99. The van der Waals surface area contributed by atoms with E-state index < -0.39 is 9.84 Å². The van der Waals surface area contributed by atoms with E-state index >= 15 is 0 Å². The van der Waals surface area contributed by atoms with Crippen molar-refractivity contribution in [3.8, 4) is 0 Å². The van der Waals surface area contributed by atoms with E-state index in [9.17, 15) is 13.2 Å². The van der Waals surface area contributed by atoms with Crippen LogP contribution >= 0.6 is 0 Å². The molecule has 13 heavy (non-hydrogen) atoms. The fourth-order valence-electron chi connectivity index (χ4n) is 0.740. The van der Waals surface area contributed by atoms with Gasteiger partial charge < -0.3 is 9.80 Å². The first-order valence-electron chi connectivity index (χ1n) is 3.84. The first kappa shape index (κ1) is 12.2. The van der Waals surface area contributed by atoms with Crippen molar-refractivity contribution < 1.29 is 13.2 Å². The maximum absolute atomic E-state index is 11.2. The van der Waals surface area contributed by atoms with E-state index in [1.54, 1.807) is 21.1 Å². The van der Waals surface area contributed by atoms with Crippen LogP contribution in [0.15, 0.2) is 0 Å². The number of sulfone groups is 1. The second kappa shape index (κ2) is 4.45. The van der Waals surface area contributed by atoms with Crippen molar-refractivity contribution in [3.05, 3.63) is 0 Å². The Morgan fingerprint density at radius 3 is 2.00 bits per heavy atom. The highest BCUT2D eigenvalue weighted by Gasteiger charge is 2.12. The van der Waals surface area contributed by atoms with Crippen molar-refractivity contribution in [1.29, 1.82) is 0 Å². The van der Waals surface area contributed by atoms with Gasteiger partial charge in [-0.25, -0.2) is 13.2 Å². The molecule has 2 amide bonds. The maximum Gasteiger partial charge on any atom is 0.319 e. The largest absolute Gasteiger partial charge is 0.331 e. The first-order chi connectivity index (χ1) is 5.74. The molecule has 78 valence electrons. The molecular weight excluding hydrogens is 192 g/mol. The van der Waals surface area contributed by atoms with E-state index in [-0.39, 0.29) is 18.3 Å². The van der Waals surface area contributed by atoms with E-state index in [4.69, 9.17) is 0 Å². The number of urea groups is 1. The predicted molar refractivity (Wildman–Crippen MR) is 51.4 cm³/mol. The summed E-state index contributed by atoms with van der Waals surface area (Å²) in [5, 5.41) is 0. The Bertz CT molecular complexity index is 271. The standard InChI is InChI=1S/C7H16N2O3S/c1-8(2)7(10)9(3)5-6-13(4,11)12/h5-6H2,1-4H3. The average molecular weight is 208 g/mol. The number of rotatable bonds is 3. The summed E-state index contributed by atoms with van der Waals surface area (Å²) >= 11 is 0. The zero-order chi connectivity index (χ0) is 10.6. The van der Waals surface area contributed by atoms with Gasteiger partial charge in [0.15, 0.2) is 0 Å². The lowest BCUT2D eigenvalue weighted by Crippen LogP contribution is -2.38. The fraction of sp³-hybridized carbons (Fsp3) is 0.857. The van der Waals surface area contributed by atoms with Gasteiger partial charge >= 0.3 is 6.03 Å². The summed E-state index contributed by atoms with van der Waals surface area (Å²) in [6, 6.07) is -0.191. The third-order valence-corrected chi connectivity index (χ3v) is 2.43. The molecule has 0 aromatic heterocycles. The van der Waals surface area contributed by atoms with Crippen LogP contribution in [0.1, 0.15) is 0 Å². The third kappa shape index (κ3) is 5.46. The van der Waals surface area contributed by atoms with Crippen LogP contribution in [-0.4, -0.2) is 63.9 Å². The molecule has 0 aliphatic carbocycles. The van der Waals surface area contributed by atoms with E-state index in [1.165, 1.54) is 9.80 Å². The maximum atomic E-state index is 11.2. The molecule has 0 saturated carbocycles. The SMILES string of the molecule is CN(C)C(=O)N(C)CCS(C)(=O)=O. The molecule has 0 rings (SSSR count). The Labute approximate surface area is 79.2 Å². The van der Waals surface area contributed by atoms with Gasteiger partial charge in [0.05, 0.1) is 5.75 Å². The number of carbonyl (C=O) groups excluding carboxylic acids is 1. The van der Waals surface area contributed by atoms with Crippen molar-refractivity contribution in [2.45, 2.75) is 0 Å². The van der Waals surface area contributed by atoms with Gasteiger partial charge in [0, 0.05) is 33.9 Å². The van der Waals surface area contributed by atoms with Crippen LogP contribution in [-0.2, 0) is 9.84 Å². The number of carbonyl (C=O) groups is 1. The van der Waals surface area contributed by atoms with E-state index in [0.717, 1.165) is 6.26 Å². The summed E-state index contributed by atoms with van der Waals surface area (Å²) in [6.45, 7) is 0.232. The minimum absolute atomic E-state index is 0.00306. The molecule has 0 saturated heterocycles. The fourth-order valence-corrected chi connectivity index (χ4v) is 1.35. The molecule has 0 N–H and O–H groups in total. The van der Waals surface area contributed by atoms with Gasteiger partial charge in [-0.2, -0.15) is 0 Å². The Kier molecular flexibility index (Phi) is 4.19. The van der Waals surface area contributed by atoms with Gasteiger partial charge in [-0.05, 0) is 0 Å². The number of nitrogens with zero attached hydrogens (tertiary/aromatic N) is 2. The normalized spacial score (nSPS) is 11.1. The molecule has 5 nitrogen and oxygen atoms in total. The second-order valence-corrected chi connectivity index (χ2v) is 5.49. The molecule has 0 aromatic rings. The van der Waals surface area contributed by atoms with Crippen LogP contribution in [0.25, 0.3) is 0 Å². The molecule has 0 heterocycles. The molecule has 0 bridgehead atoms. The zero-order valence-electron chi connectivity index (χ0n) is 8.44. The smallest absolute Gasteiger partial charge is 0.319 e. The lowest BCUT2D eigenvalue weighted by molar-refractivity contribution is 0.184. The van der Waals surface area contributed by atoms with E-state index in [1.807, 2.05) is 0 Å². The van der Waals surface area contributed by atoms with Gasteiger partial charge in [0.1, 0.15) is 9.84 Å². The Balaban J connectivity index is 4.03. The van der Waals surface area contributed by atoms with Crippen LogP contribution in [0.2, 0.25) is 0 Å². The minimum Gasteiger partial charge on any atom is -0.331 e. The summed E-state index contributed by atoms with van der Waals surface area (Å²) in [5.41, 5.74) is 0. The lowest BCUT2D eigenvalue weighted by Gasteiger charge is -2.21. The van der Waals surface area contributed by atoms with Gasteiger partial charge in [0.2, 0.25) is 0 Å². The summed E-state index contributed by atoms with van der Waals surface area (Å²) in [5.74, 6) is 0.00306. The summed E-state index contributed by atoms with van der Waals surface area (Å²) in [7, 11) is 1.83. The number of amides is 2. The Hall–Kier alpha value is -0.780. The van der Waals surface area contributed by atoms with Crippen LogP contribution in [0.5, 0.6) is 0 Å². The van der Waals surface area contributed by atoms with Gasteiger partial charge in [-0.15, -0.1) is 0 Å². The van der Waals surface area contributed by atoms with Crippen molar-refractivity contribution >= 4 is 15.9 Å². The van der Waals surface area contributed by atoms with Crippen LogP contribution in [0.4, 0.5) is 4.79 Å². The molecule has 0 radical (unpaired) electrons. The highest BCUT2D eigenvalue weighted by molar-refractivity contribution is 7.90. The highest BCUT2D eigenvalue weighted by atomic mass is 32.2. The molecule has 0 unspecified atom stereocenters. The van der Waals surface area contributed by atoms with Gasteiger partial charge in [0.25, 0.3) is 0 Å². The van der Waals surface area contributed by atoms with Crippen LogP contribution in [0.3, 0.4) is 0 Å². The molecular formula is C7H16N2O3S. The predicted octanol–water partition coefficient (Wildman–Crippen LogP) is -0.356. The van der Waals surface area contributed by atoms with Crippen molar-refractivity contribution in [1.82, 2.24) is 9.80 Å². The summed E-state index contributed by atoms with van der Waals surface area (Å²) in [6.07, 6.45) is 1.15. The second-order valence-electron chi connectivity index (χ2n) is 3.23. The highest BCUT2D eigenvalue weighted by Crippen LogP contribution is 1.92. The number of hydrogen-bond acceptors (Lipinski definition) is 3. The molecule has 0 aromatic carbocycles. The summed E-state index contributed by atoms with van der Waals surface area (Å²) in [4.78, 5) is 14.0. The van der Waals surface area contributed by atoms with Crippen molar-refractivity contribution in [2.24, 2.45) is 0 Å². The number of hydrogen-bond donors (Lipinski definition) is 0. The Morgan fingerprint density at radius 2 is 1.69 bits per heavy atom. The van der Waals surface area contributed by atoms with Crippen molar-refractivity contribution in [3.63, 3.8) is 0 Å². The monoisotopic (exact) mass is 208 g/mol. The Morgan fingerprint density at radius 1 is 1.23 bits per heavy atom. The molecule has 0 spiro atoms. The third-order valence-electron chi connectivity index (χ3n) is 1.51. The summed E-state index contributed by atoms with van der Waals surface area (Å²) < 4.78 is 21.6. The first-order valence-corrected chi connectivity index (χ1v) is 5.90. The zero-order valence-corrected chi connectivity index (χ0v) is 9.26. The van der Waals surface area contributed by atoms with Crippen molar-refractivity contribution in [2.75, 3.05) is 39.7 Å². The van der Waals surface area contributed by atoms with Crippen LogP contribution in [0, 0.1) is 0 Å². The van der Waals surface area contributed by atoms with E-state index in [0.29, 0.717) is 0 Å². The topological polar surface area (TPSA) is 57.7 Å². The molecule has 0 aliphatic heterocycles. The van der Waals surface area contributed by atoms with Gasteiger partial charge in [-0.1, -0.05) is 0 Å². The average Bonchev–Trinajstić information content (AvgIpc) is 1.97. The van der Waals surface area contributed by atoms with Crippen LogP contribution < -0.4 is 0 Å². The van der Waals surface area contributed by atoms with E-state index in [2.05, 4.69) is 0 Å². The molecule has 0 aliphatic rings. The molecule has 6 heteroatoms.